The Bertz CT molecular complexity index is 1070. The Morgan fingerprint density at radius 3 is 2.32 bits per heavy atom. The van der Waals surface area contributed by atoms with E-state index < -0.39 is 0 Å². The van der Waals surface area contributed by atoms with Gasteiger partial charge in [-0.05, 0) is 37.3 Å². The van der Waals surface area contributed by atoms with Crippen molar-refractivity contribution < 1.29 is 0 Å². The number of rotatable bonds is 3. The van der Waals surface area contributed by atoms with Crippen LogP contribution < -0.4 is 5.32 Å². The Hall–Kier alpha value is -2.49. The summed E-state index contributed by atoms with van der Waals surface area (Å²) in [6.45, 7) is 2.04. The molecule has 0 bridgehead atoms. The number of benzene rings is 2. The number of para-hydroxylation sites is 1. The van der Waals surface area contributed by atoms with Crippen LogP contribution in [0, 0.1) is 6.92 Å². The van der Waals surface area contributed by atoms with Crippen LogP contribution in [0.2, 0.25) is 10.0 Å². The minimum atomic E-state index is 0.649. The van der Waals surface area contributed by atoms with E-state index in [-0.39, 0.29) is 0 Å². The fourth-order valence-corrected chi connectivity index (χ4v) is 3.31. The van der Waals surface area contributed by atoms with Crippen molar-refractivity contribution in [3.8, 4) is 11.3 Å². The van der Waals surface area contributed by atoms with Gasteiger partial charge < -0.3 is 5.32 Å². The second kappa shape index (κ2) is 6.43. The first kappa shape index (κ1) is 16.0. The van der Waals surface area contributed by atoms with Crippen molar-refractivity contribution in [1.82, 2.24) is 9.38 Å². The van der Waals surface area contributed by atoms with Gasteiger partial charge in [-0.3, -0.25) is 4.40 Å². The molecule has 0 radical (unpaired) electrons. The number of imidazole rings is 1. The summed E-state index contributed by atoms with van der Waals surface area (Å²) in [4.78, 5) is 4.80. The van der Waals surface area contributed by atoms with E-state index in [9.17, 15) is 0 Å². The SMILES string of the molecule is Cc1cccc2nc(-c3ccccc3Cl)c(Nc3ccccc3Cl)n12. The third-order valence-electron chi connectivity index (χ3n) is 4.09. The maximum atomic E-state index is 6.43. The highest BCUT2D eigenvalue weighted by molar-refractivity contribution is 6.34. The minimum Gasteiger partial charge on any atom is -0.338 e. The van der Waals surface area contributed by atoms with Gasteiger partial charge >= 0.3 is 0 Å². The number of pyridine rings is 1. The third-order valence-corrected chi connectivity index (χ3v) is 4.75. The third kappa shape index (κ3) is 2.86. The molecule has 4 aromatic rings. The maximum Gasteiger partial charge on any atom is 0.143 e. The number of aryl methyl sites for hydroxylation is 1. The van der Waals surface area contributed by atoms with E-state index in [4.69, 9.17) is 28.2 Å². The summed E-state index contributed by atoms with van der Waals surface area (Å²) < 4.78 is 2.07. The van der Waals surface area contributed by atoms with Crippen LogP contribution in [0.5, 0.6) is 0 Å². The van der Waals surface area contributed by atoms with Gasteiger partial charge in [-0.25, -0.2) is 4.98 Å². The van der Waals surface area contributed by atoms with E-state index in [2.05, 4.69) is 9.72 Å². The number of hydrogen-bond donors (Lipinski definition) is 1. The summed E-state index contributed by atoms with van der Waals surface area (Å²) in [5, 5.41) is 4.75. The number of fused-ring (bicyclic) bond motifs is 1. The number of aromatic nitrogens is 2. The summed E-state index contributed by atoms with van der Waals surface area (Å²) in [7, 11) is 0. The first-order chi connectivity index (χ1) is 12.1. The topological polar surface area (TPSA) is 29.3 Å². The molecule has 0 aliphatic heterocycles. The molecule has 2 aromatic carbocycles. The molecule has 2 heterocycles. The monoisotopic (exact) mass is 367 g/mol. The Morgan fingerprint density at radius 1 is 0.840 bits per heavy atom. The molecule has 0 spiro atoms. The number of nitrogens with zero attached hydrogens (tertiary/aromatic N) is 2. The lowest BCUT2D eigenvalue weighted by molar-refractivity contribution is 1.10. The molecular formula is C20H15Cl2N3. The van der Waals surface area contributed by atoms with Gasteiger partial charge in [-0.2, -0.15) is 0 Å². The predicted octanol–water partition coefficient (Wildman–Crippen LogP) is 6.36. The van der Waals surface area contributed by atoms with Crippen molar-refractivity contribution in [2.45, 2.75) is 6.92 Å². The van der Waals surface area contributed by atoms with Crippen LogP contribution in [0.25, 0.3) is 16.9 Å². The standard InChI is InChI=1S/C20H15Cl2N3/c1-13-7-6-12-18-24-19(14-8-2-3-9-15(14)21)20(25(13)18)23-17-11-5-4-10-16(17)22/h2-12,23H,1H3. The highest BCUT2D eigenvalue weighted by Gasteiger charge is 2.18. The molecule has 5 heteroatoms. The predicted molar refractivity (Wildman–Crippen MR) is 105 cm³/mol. The molecule has 0 atom stereocenters. The fraction of sp³-hybridized carbons (Fsp3) is 0.0500. The molecule has 0 unspecified atom stereocenters. The Kier molecular flexibility index (Phi) is 4.12. The van der Waals surface area contributed by atoms with Gasteiger partial charge in [0, 0.05) is 11.3 Å². The summed E-state index contributed by atoms with van der Waals surface area (Å²) in [6, 6.07) is 21.4. The van der Waals surface area contributed by atoms with Gasteiger partial charge in [0.25, 0.3) is 0 Å². The lowest BCUT2D eigenvalue weighted by atomic mass is 10.1. The van der Waals surface area contributed by atoms with Crippen molar-refractivity contribution in [3.63, 3.8) is 0 Å². The Labute approximate surface area is 155 Å². The van der Waals surface area contributed by atoms with Gasteiger partial charge in [0.2, 0.25) is 0 Å². The largest absolute Gasteiger partial charge is 0.338 e. The number of hydrogen-bond acceptors (Lipinski definition) is 2. The lowest BCUT2D eigenvalue weighted by Gasteiger charge is -2.12. The van der Waals surface area contributed by atoms with E-state index in [1.165, 1.54) is 0 Å². The molecule has 1 N–H and O–H groups in total. The molecule has 124 valence electrons. The maximum absolute atomic E-state index is 6.43. The lowest BCUT2D eigenvalue weighted by Crippen LogP contribution is -2.00. The molecule has 0 saturated carbocycles. The Balaban J connectivity index is 1.99. The quantitative estimate of drug-likeness (QED) is 0.456. The molecule has 0 saturated heterocycles. The van der Waals surface area contributed by atoms with Gasteiger partial charge in [0.15, 0.2) is 0 Å². The fourth-order valence-electron chi connectivity index (χ4n) is 2.90. The van der Waals surface area contributed by atoms with E-state index in [0.717, 1.165) is 34.1 Å². The van der Waals surface area contributed by atoms with Gasteiger partial charge in [-0.15, -0.1) is 0 Å². The molecule has 0 amide bonds. The molecule has 0 aliphatic carbocycles. The van der Waals surface area contributed by atoms with Crippen molar-refractivity contribution in [1.29, 1.82) is 0 Å². The van der Waals surface area contributed by atoms with Crippen LogP contribution in [-0.4, -0.2) is 9.38 Å². The van der Waals surface area contributed by atoms with E-state index >= 15 is 0 Å². The van der Waals surface area contributed by atoms with Gasteiger partial charge in [-0.1, -0.05) is 59.6 Å². The van der Waals surface area contributed by atoms with Crippen molar-refractivity contribution in [2.75, 3.05) is 5.32 Å². The molecule has 0 aliphatic rings. The minimum absolute atomic E-state index is 0.649. The second-order valence-corrected chi connectivity index (χ2v) is 6.57. The molecule has 25 heavy (non-hydrogen) atoms. The normalized spacial score (nSPS) is 11.0. The van der Waals surface area contributed by atoms with Crippen LogP contribution in [-0.2, 0) is 0 Å². The number of anilines is 2. The van der Waals surface area contributed by atoms with Crippen LogP contribution >= 0.6 is 23.2 Å². The van der Waals surface area contributed by atoms with Crippen molar-refractivity contribution >= 4 is 40.4 Å². The zero-order valence-electron chi connectivity index (χ0n) is 13.5. The highest BCUT2D eigenvalue weighted by atomic mass is 35.5. The van der Waals surface area contributed by atoms with Gasteiger partial charge in [0.05, 0.1) is 15.7 Å². The smallest absolute Gasteiger partial charge is 0.143 e. The Morgan fingerprint density at radius 2 is 1.56 bits per heavy atom. The number of halogens is 2. The summed E-state index contributed by atoms with van der Waals surface area (Å²) >= 11 is 12.8. The second-order valence-electron chi connectivity index (χ2n) is 5.75. The zero-order chi connectivity index (χ0) is 17.4. The van der Waals surface area contributed by atoms with E-state index in [1.807, 2.05) is 73.7 Å². The molecule has 0 fully saturated rings. The van der Waals surface area contributed by atoms with Crippen LogP contribution in [0.15, 0.2) is 66.7 Å². The van der Waals surface area contributed by atoms with Crippen LogP contribution in [0.3, 0.4) is 0 Å². The molecule has 2 aromatic heterocycles. The first-order valence-corrected chi connectivity index (χ1v) is 8.65. The molecule has 3 nitrogen and oxygen atoms in total. The van der Waals surface area contributed by atoms with E-state index in [1.54, 1.807) is 0 Å². The van der Waals surface area contributed by atoms with E-state index in [0.29, 0.717) is 10.0 Å². The average molecular weight is 368 g/mol. The van der Waals surface area contributed by atoms with Crippen molar-refractivity contribution in [3.05, 3.63) is 82.5 Å². The zero-order valence-corrected chi connectivity index (χ0v) is 15.0. The number of nitrogens with one attached hydrogen (secondary N) is 1. The van der Waals surface area contributed by atoms with Crippen LogP contribution in [0.1, 0.15) is 5.69 Å². The summed E-state index contributed by atoms with van der Waals surface area (Å²) in [5.74, 6) is 0.842. The summed E-state index contributed by atoms with van der Waals surface area (Å²) in [5.41, 5.74) is 4.41. The summed E-state index contributed by atoms with van der Waals surface area (Å²) in [6.07, 6.45) is 0. The molecule has 4 rings (SSSR count). The van der Waals surface area contributed by atoms with Crippen LogP contribution in [0.4, 0.5) is 11.5 Å². The van der Waals surface area contributed by atoms with Crippen molar-refractivity contribution in [2.24, 2.45) is 0 Å². The first-order valence-electron chi connectivity index (χ1n) is 7.89. The average Bonchev–Trinajstić information content (AvgIpc) is 2.97. The highest BCUT2D eigenvalue weighted by Crippen LogP contribution is 2.36. The van der Waals surface area contributed by atoms with Gasteiger partial charge in [0.1, 0.15) is 17.2 Å². The molecular weight excluding hydrogens is 353 g/mol.